The van der Waals surface area contributed by atoms with Gasteiger partial charge in [0.15, 0.2) is 0 Å². The minimum atomic E-state index is -0.110. The molecular formula is C24H37N3O4. The molecule has 2 amide bonds. The van der Waals surface area contributed by atoms with Gasteiger partial charge in [-0.3, -0.25) is 14.5 Å². The van der Waals surface area contributed by atoms with E-state index in [9.17, 15) is 9.59 Å². The van der Waals surface area contributed by atoms with E-state index in [4.69, 9.17) is 9.47 Å². The lowest BCUT2D eigenvalue weighted by molar-refractivity contribution is -0.115. The van der Waals surface area contributed by atoms with Crippen molar-refractivity contribution in [1.82, 2.24) is 9.80 Å². The number of rotatable bonds is 5. The molecule has 0 saturated heterocycles. The number of carbonyl (C=O) groups is 2. The van der Waals surface area contributed by atoms with Crippen molar-refractivity contribution in [3.05, 3.63) is 23.8 Å². The van der Waals surface area contributed by atoms with Gasteiger partial charge in [-0.05, 0) is 43.7 Å². The molecule has 1 fully saturated rings. The minimum absolute atomic E-state index is 0.0465. The van der Waals surface area contributed by atoms with E-state index in [0.29, 0.717) is 36.6 Å². The smallest absolute Gasteiger partial charge is 0.257 e. The van der Waals surface area contributed by atoms with Crippen molar-refractivity contribution in [1.29, 1.82) is 0 Å². The SMILES string of the molecule is CCC(=O)Nc1ccc2c(c1)OC[C@H](C)N(CC1CC1)C[C@@H](C)[C@H](OC)CN(C)C2=O. The van der Waals surface area contributed by atoms with Crippen LogP contribution in [0.4, 0.5) is 5.69 Å². The lowest BCUT2D eigenvalue weighted by atomic mass is 10.0. The molecule has 0 bridgehead atoms. The summed E-state index contributed by atoms with van der Waals surface area (Å²) in [5, 5.41) is 2.86. The molecule has 172 valence electrons. The summed E-state index contributed by atoms with van der Waals surface area (Å²) in [6, 6.07) is 5.46. The lowest BCUT2D eigenvalue weighted by Gasteiger charge is -2.36. The van der Waals surface area contributed by atoms with E-state index in [-0.39, 0.29) is 29.9 Å². The first kappa shape index (κ1) is 23.5. The predicted molar refractivity (Wildman–Crippen MR) is 122 cm³/mol. The van der Waals surface area contributed by atoms with Gasteiger partial charge in [0.1, 0.15) is 12.4 Å². The average Bonchev–Trinajstić information content (AvgIpc) is 3.58. The number of fused-ring (bicyclic) bond motifs is 1. The summed E-state index contributed by atoms with van der Waals surface area (Å²) in [6.07, 6.45) is 2.94. The summed E-state index contributed by atoms with van der Waals surface area (Å²) in [4.78, 5) is 29.2. The highest BCUT2D eigenvalue weighted by Gasteiger charge is 2.31. The fourth-order valence-electron chi connectivity index (χ4n) is 4.06. The predicted octanol–water partition coefficient (Wildman–Crippen LogP) is 3.25. The maximum atomic E-state index is 13.2. The van der Waals surface area contributed by atoms with E-state index in [1.807, 2.05) is 0 Å². The number of likely N-dealkylation sites (N-methyl/N-ethyl adjacent to an activating group) is 1. The molecule has 2 aliphatic rings. The van der Waals surface area contributed by atoms with Crippen molar-refractivity contribution in [2.45, 2.75) is 52.2 Å². The maximum Gasteiger partial charge on any atom is 0.257 e. The van der Waals surface area contributed by atoms with Crippen molar-refractivity contribution < 1.29 is 19.1 Å². The Morgan fingerprint density at radius 2 is 2.00 bits per heavy atom. The number of hydrogen-bond acceptors (Lipinski definition) is 5. The average molecular weight is 432 g/mol. The molecule has 1 saturated carbocycles. The minimum Gasteiger partial charge on any atom is -0.491 e. The van der Waals surface area contributed by atoms with Crippen molar-refractivity contribution in [3.63, 3.8) is 0 Å². The quantitative estimate of drug-likeness (QED) is 0.775. The summed E-state index contributed by atoms with van der Waals surface area (Å²) in [5.74, 6) is 1.38. The molecule has 0 spiro atoms. The van der Waals surface area contributed by atoms with Crippen LogP contribution in [0.5, 0.6) is 5.75 Å². The Morgan fingerprint density at radius 1 is 1.26 bits per heavy atom. The Labute approximate surface area is 186 Å². The van der Waals surface area contributed by atoms with Gasteiger partial charge in [0.05, 0.1) is 11.7 Å². The van der Waals surface area contributed by atoms with E-state index in [1.165, 1.54) is 12.8 Å². The van der Waals surface area contributed by atoms with Crippen LogP contribution in [0.25, 0.3) is 0 Å². The number of ether oxygens (including phenoxy) is 2. The highest BCUT2D eigenvalue weighted by atomic mass is 16.5. The van der Waals surface area contributed by atoms with Crippen molar-refractivity contribution in [2.24, 2.45) is 11.8 Å². The maximum absolute atomic E-state index is 13.2. The van der Waals surface area contributed by atoms with E-state index < -0.39 is 0 Å². The number of carbonyl (C=O) groups excluding carboxylic acids is 2. The normalized spacial score (nSPS) is 25.8. The van der Waals surface area contributed by atoms with Crippen LogP contribution in [0.15, 0.2) is 18.2 Å². The van der Waals surface area contributed by atoms with Crippen LogP contribution in [0, 0.1) is 11.8 Å². The second-order valence-corrected chi connectivity index (χ2v) is 9.11. The highest BCUT2D eigenvalue weighted by Crippen LogP contribution is 2.32. The van der Waals surface area contributed by atoms with Crippen LogP contribution >= 0.6 is 0 Å². The van der Waals surface area contributed by atoms with E-state index in [1.54, 1.807) is 44.2 Å². The Bertz CT molecular complexity index is 780. The van der Waals surface area contributed by atoms with Crippen LogP contribution in [0.1, 0.15) is 50.4 Å². The number of nitrogens with one attached hydrogen (secondary N) is 1. The Morgan fingerprint density at radius 3 is 2.65 bits per heavy atom. The third-order valence-corrected chi connectivity index (χ3v) is 6.37. The van der Waals surface area contributed by atoms with Gasteiger partial charge in [0.25, 0.3) is 5.91 Å². The van der Waals surface area contributed by atoms with Crippen molar-refractivity contribution in [2.75, 3.05) is 45.7 Å². The number of nitrogens with zero attached hydrogens (tertiary/aromatic N) is 2. The van der Waals surface area contributed by atoms with Gasteiger partial charge in [0, 0.05) is 58.0 Å². The zero-order valence-electron chi connectivity index (χ0n) is 19.5. The van der Waals surface area contributed by atoms with E-state index >= 15 is 0 Å². The van der Waals surface area contributed by atoms with E-state index in [2.05, 4.69) is 24.1 Å². The van der Waals surface area contributed by atoms with Crippen molar-refractivity contribution >= 4 is 17.5 Å². The van der Waals surface area contributed by atoms with Crippen LogP contribution in [-0.4, -0.2) is 74.2 Å². The topological polar surface area (TPSA) is 71.1 Å². The molecule has 1 aliphatic carbocycles. The fourth-order valence-corrected chi connectivity index (χ4v) is 4.06. The zero-order valence-corrected chi connectivity index (χ0v) is 19.5. The molecule has 3 rings (SSSR count). The van der Waals surface area contributed by atoms with Gasteiger partial charge >= 0.3 is 0 Å². The molecule has 0 aromatic heterocycles. The van der Waals surface area contributed by atoms with Crippen LogP contribution in [-0.2, 0) is 9.53 Å². The first-order chi connectivity index (χ1) is 14.8. The molecular weight excluding hydrogens is 394 g/mol. The van der Waals surface area contributed by atoms with Gasteiger partial charge in [0.2, 0.25) is 5.91 Å². The number of anilines is 1. The summed E-state index contributed by atoms with van der Waals surface area (Å²) in [5.41, 5.74) is 1.14. The molecule has 7 nitrogen and oxygen atoms in total. The fraction of sp³-hybridized carbons (Fsp3) is 0.667. The number of hydrogen-bond donors (Lipinski definition) is 1. The second-order valence-electron chi connectivity index (χ2n) is 9.11. The largest absolute Gasteiger partial charge is 0.491 e. The molecule has 1 aromatic carbocycles. The molecule has 1 aliphatic heterocycles. The molecule has 0 unspecified atom stereocenters. The summed E-state index contributed by atoms with van der Waals surface area (Å²) in [6.45, 7) is 9.14. The highest BCUT2D eigenvalue weighted by molar-refractivity contribution is 5.98. The lowest BCUT2D eigenvalue weighted by Crippen LogP contribution is -2.47. The molecule has 1 aromatic rings. The molecule has 31 heavy (non-hydrogen) atoms. The van der Waals surface area contributed by atoms with Gasteiger partial charge in [-0.1, -0.05) is 13.8 Å². The summed E-state index contributed by atoms with van der Waals surface area (Å²) in [7, 11) is 3.52. The number of methoxy groups -OCH3 is 1. The standard InChI is InChI=1S/C24H37N3O4/c1-6-23(28)25-19-9-10-20-21(11-19)31-15-17(3)27(13-18-7-8-18)12-16(2)22(30-5)14-26(4)24(20)29/h9-11,16-18,22H,6-8,12-15H2,1-5H3,(H,25,28)/t16-,17+,22-/m1/s1. The van der Waals surface area contributed by atoms with Gasteiger partial charge < -0.3 is 19.7 Å². The number of benzene rings is 1. The zero-order chi connectivity index (χ0) is 22.5. The van der Waals surface area contributed by atoms with Gasteiger partial charge in [-0.25, -0.2) is 0 Å². The van der Waals surface area contributed by atoms with E-state index in [0.717, 1.165) is 19.0 Å². The monoisotopic (exact) mass is 431 g/mol. The Hall–Kier alpha value is -2.12. The van der Waals surface area contributed by atoms with Crippen LogP contribution < -0.4 is 10.1 Å². The first-order valence-corrected chi connectivity index (χ1v) is 11.4. The van der Waals surface area contributed by atoms with Crippen LogP contribution in [0.2, 0.25) is 0 Å². The summed E-state index contributed by atoms with van der Waals surface area (Å²) < 4.78 is 12.0. The third kappa shape index (κ3) is 6.20. The molecule has 0 radical (unpaired) electrons. The first-order valence-electron chi connectivity index (χ1n) is 11.4. The summed E-state index contributed by atoms with van der Waals surface area (Å²) >= 11 is 0. The van der Waals surface area contributed by atoms with Crippen LogP contribution in [0.3, 0.4) is 0 Å². The molecule has 1 heterocycles. The molecule has 3 atom stereocenters. The van der Waals surface area contributed by atoms with Crippen molar-refractivity contribution in [3.8, 4) is 5.75 Å². The van der Waals surface area contributed by atoms with Gasteiger partial charge in [-0.15, -0.1) is 0 Å². The van der Waals surface area contributed by atoms with Gasteiger partial charge in [-0.2, -0.15) is 0 Å². The second kappa shape index (κ2) is 10.5. The Balaban J connectivity index is 1.90. The number of amides is 2. The third-order valence-electron chi connectivity index (χ3n) is 6.37. The molecule has 7 heteroatoms. The molecule has 1 N–H and O–H groups in total. The Kier molecular flexibility index (Phi) is 7.94.